The van der Waals surface area contributed by atoms with E-state index in [0.717, 1.165) is 0 Å². The molecule has 0 radical (unpaired) electrons. The molecule has 0 aliphatic carbocycles. The highest BCUT2D eigenvalue weighted by molar-refractivity contribution is 7.98. The Morgan fingerprint density at radius 1 is 1.29 bits per heavy atom. The fraction of sp³-hybridized carbons (Fsp3) is 0.125. The first-order valence-corrected chi connectivity index (χ1v) is 8.14. The molecule has 0 aliphatic rings. The summed E-state index contributed by atoms with van der Waals surface area (Å²) in [7, 11) is 0. The van der Waals surface area contributed by atoms with E-state index in [2.05, 4.69) is 16.5 Å². The minimum Gasteiger partial charge on any atom is -0.385 e. The molecule has 0 fully saturated rings. The summed E-state index contributed by atoms with van der Waals surface area (Å²) in [6, 6.07) is 8.41. The summed E-state index contributed by atoms with van der Waals surface area (Å²) in [5.41, 5.74) is 5.95. The molecule has 7 nitrogen and oxygen atoms in total. The van der Waals surface area contributed by atoms with Crippen molar-refractivity contribution in [2.24, 2.45) is 0 Å². The van der Waals surface area contributed by atoms with Crippen molar-refractivity contribution >= 4 is 28.5 Å². The number of hydrogen-bond donors (Lipinski definition) is 1. The lowest BCUT2D eigenvalue weighted by molar-refractivity contribution is 0.683. The fourth-order valence-electron chi connectivity index (χ4n) is 2.25. The first kappa shape index (κ1) is 16.0. The van der Waals surface area contributed by atoms with E-state index in [4.69, 9.17) is 5.73 Å². The molecule has 3 aromatic rings. The predicted octanol–water partition coefficient (Wildman–Crippen LogP) is 1.47. The van der Waals surface area contributed by atoms with Gasteiger partial charge in [-0.1, -0.05) is 30.0 Å². The number of anilines is 1. The lowest BCUT2D eigenvalue weighted by Gasteiger charge is -2.13. The molecule has 0 saturated heterocycles. The van der Waals surface area contributed by atoms with Crippen LogP contribution in [0.25, 0.3) is 10.9 Å². The average Bonchev–Trinajstić information content (AvgIpc) is 2.57. The molecule has 3 rings (SSSR count). The Balaban J connectivity index is 1.94. The number of fused-ring (bicyclic) bond motifs is 1. The molecule has 1 aromatic carbocycles. The minimum atomic E-state index is -0.417. The Kier molecular flexibility index (Phi) is 4.48. The van der Waals surface area contributed by atoms with Gasteiger partial charge in [-0.05, 0) is 12.1 Å². The van der Waals surface area contributed by atoms with Crippen LogP contribution in [0.2, 0.25) is 0 Å². The zero-order chi connectivity index (χ0) is 17.1. The van der Waals surface area contributed by atoms with E-state index in [1.807, 2.05) is 6.07 Å². The van der Waals surface area contributed by atoms with Crippen molar-refractivity contribution in [2.45, 2.75) is 17.6 Å². The number of benzene rings is 1. The monoisotopic (exact) mass is 341 g/mol. The molecule has 2 heterocycles. The van der Waals surface area contributed by atoms with E-state index in [0.29, 0.717) is 28.4 Å². The number of hydrogen-bond acceptors (Lipinski definition) is 6. The maximum Gasteiger partial charge on any atom is 0.275 e. The van der Waals surface area contributed by atoms with Crippen molar-refractivity contribution in [3.63, 3.8) is 0 Å². The van der Waals surface area contributed by atoms with Gasteiger partial charge in [-0.2, -0.15) is 4.98 Å². The molecule has 0 aliphatic heterocycles. The highest BCUT2D eigenvalue weighted by Gasteiger charge is 2.09. The maximum absolute atomic E-state index is 12.5. The lowest BCUT2D eigenvalue weighted by Crippen LogP contribution is -2.21. The van der Waals surface area contributed by atoms with Gasteiger partial charge in [0.25, 0.3) is 11.1 Å². The predicted molar refractivity (Wildman–Crippen MR) is 95.0 cm³/mol. The summed E-state index contributed by atoms with van der Waals surface area (Å²) in [5, 5.41) is 0.976. The van der Waals surface area contributed by atoms with E-state index < -0.39 is 5.56 Å². The fourth-order valence-corrected chi connectivity index (χ4v) is 3.18. The van der Waals surface area contributed by atoms with Crippen LogP contribution in [0.4, 0.5) is 5.82 Å². The van der Waals surface area contributed by atoms with Crippen molar-refractivity contribution in [1.29, 1.82) is 0 Å². The molecule has 0 spiro atoms. The molecule has 24 heavy (non-hydrogen) atoms. The molecule has 2 N–H and O–H groups in total. The lowest BCUT2D eigenvalue weighted by atomic mass is 10.2. The normalized spacial score (nSPS) is 10.8. The van der Waals surface area contributed by atoms with Crippen LogP contribution in [-0.2, 0) is 12.4 Å². The van der Waals surface area contributed by atoms with Crippen molar-refractivity contribution in [1.82, 2.24) is 19.1 Å². The van der Waals surface area contributed by atoms with Crippen molar-refractivity contribution < 1.29 is 0 Å². The molecule has 0 bridgehead atoms. The van der Waals surface area contributed by atoms with E-state index in [1.165, 1.54) is 28.7 Å². The van der Waals surface area contributed by atoms with Gasteiger partial charge in [-0.25, -0.2) is 4.98 Å². The standard InChI is InChI=1S/C16H15N5O2S/c1-2-7-21-13(17)8-14(22)19-16(21)24-10-20-9-18-12-6-4-3-5-11(12)15(20)23/h2-6,8-9H,1,7,10,17H2. The van der Waals surface area contributed by atoms with Crippen LogP contribution in [0.1, 0.15) is 0 Å². The van der Waals surface area contributed by atoms with Gasteiger partial charge in [0.15, 0.2) is 5.16 Å². The molecule has 0 amide bonds. The molecule has 8 heteroatoms. The Morgan fingerprint density at radius 2 is 2.08 bits per heavy atom. The number of rotatable bonds is 5. The third-order valence-corrected chi connectivity index (χ3v) is 4.37. The summed E-state index contributed by atoms with van der Waals surface area (Å²) in [6.07, 6.45) is 3.15. The second kappa shape index (κ2) is 6.71. The zero-order valence-corrected chi connectivity index (χ0v) is 13.6. The Hall–Kier alpha value is -2.87. The van der Waals surface area contributed by atoms with Crippen LogP contribution in [0, 0.1) is 0 Å². The van der Waals surface area contributed by atoms with Crippen LogP contribution in [0.3, 0.4) is 0 Å². The van der Waals surface area contributed by atoms with Gasteiger partial charge < -0.3 is 10.3 Å². The van der Waals surface area contributed by atoms with Gasteiger partial charge in [-0.3, -0.25) is 14.2 Å². The zero-order valence-electron chi connectivity index (χ0n) is 12.8. The van der Waals surface area contributed by atoms with Crippen LogP contribution in [0.5, 0.6) is 0 Å². The molecule has 0 atom stereocenters. The Labute approximate surface area is 141 Å². The summed E-state index contributed by atoms with van der Waals surface area (Å²) in [6.45, 7) is 4.09. The van der Waals surface area contributed by atoms with E-state index in [9.17, 15) is 9.59 Å². The summed E-state index contributed by atoms with van der Waals surface area (Å²) < 4.78 is 3.14. The van der Waals surface area contributed by atoms with Crippen LogP contribution >= 0.6 is 11.8 Å². The summed E-state index contributed by atoms with van der Waals surface area (Å²) >= 11 is 1.24. The van der Waals surface area contributed by atoms with E-state index in [1.54, 1.807) is 28.8 Å². The van der Waals surface area contributed by atoms with Crippen LogP contribution in [-0.4, -0.2) is 19.1 Å². The number of nitrogens with two attached hydrogens (primary N) is 1. The highest BCUT2D eigenvalue weighted by Crippen LogP contribution is 2.18. The van der Waals surface area contributed by atoms with Gasteiger partial charge in [0.2, 0.25) is 0 Å². The quantitative estimate of drug-likeness (QED) is 0.429. The van der Waals surface area contributed by atoms with Crippen molar-refractivity contribution in [3.8, 4) is 0 Å². The third kappa shape index (κ3) is 3.09. The van der Waals surface area contributed by atoms with Gasteiger partial charge in [0.1, 0.15) is 5.82 Å². The number of aromatic nitrogens is 4. The molecular formula is C16H15N5O2S. The van der Waals surface area contributed by atoms with E-state index in [-0.39, 0.29) is 11.4 Å². The second-order valence-corrected chi connectivity index (χ2v) is 5.92. The molecule has 2 aromatic heterocycles. The van der Waals surface area contributed by atoms with Crippen molar-refractivity contribution in [2.75, 3.05) is 5.73 Å². The van der Waals surface area contributed by atoms with Gasteiger partial charge in [0.05, 0.1) is 23.1 Å². The molecule has 0 unspecified atom stereocenters. The maximum atomic E-state index is 12.5. The minimum absolute atomic E-state index is 0.144. The Morgan fingerprint density at radius 3 is 2.88 bits per heavy atom. The largest absolute Gasteiger partial charge is 0.385 e. The van der Waals surface area contributed by atoms with Crippen molar-refractivity contribution in [3.05, 3.63) is 70.0 Å². The Bertz CT molecular complexity index is 1020. The smallest absolute Gasteiger partial charge is 0.275 e. The first-order valence-electron chi connectivity index (χ1n) is 7.15. The first-order chi connectivity index (χ1) is 11.6. The van der Waals surface area contributed by atoms with Crippen LogP contribution in [0.15, 0.2) is 64.1 Å². The molecule has 122 valence electrons. The summed E-state index contributed by atoms with van der Waals surface area (Å²) in [4.78, 5) is 32.3. The third-order valence-electron chi connectivity index (χ3n) is 3.40. The number of para-hydroxylation sites is 1. The highest BCUT2D eigenvalue weighted by atomic mass is 32.2. The van der Waals surface area contributed by atoms with E-state index >= 15 is 0 Å². The van der Waals surface area contributed by atoms with Gasteiger partial charge in [0, 0.05) is 12.6 Å². The number of allylic oxidation sites excluding steroid dienone is 1. The molecular weight excluding hydrogens is 326 g/mol. The number of nitrogens with zero attached hydrogens (tertiary/aromatic N) is 4. The van der Waals surface area contributed by atoms with Gasteiger partial charge in [-0.15, -0.1) is 6.58 Å². The topological polar surface area (TPSA) is 95.8 Å². The SMILES string of the molecule is C=CCn1c(N)cc(=O)nc1SCn1cnc2ccccc2c1=O. The average molecular weight is 341 g/mol. The number of thioether (sulfide) groups is 1. The molecule has 0 saturated carbocycles. The van der Waals surface area contributed by atoms with Gasteiger partial charge >= 0.3 is 0 Å². The second-order valence-electron chi connectivity index (χ2n) is 5.01. The van der Waals surface area contributed by atoms with Crippen LogP contribution < -0.4 is 16.9 Å². The number of nitrogen functional groups attached to an aromatic ring is 1. The summed E-state index contributed by atoms with van der Waals surface area (Å²) in [5.74, 6) is 0.574.